The molecule has 0 aliphatic rings. The monoisotopic (exact) mass is 264 g/mol. The van der Waals surface area contributed by atoms with Gasteiger partial charge in [-0.2, -0.15) is 0 Å². The summed E-state index contributed by atoms with van der Waals surface area (Å²) in [5.41, 5.74) is 4.24. The zero-order chi connectivity index (χ0) is 13.9. The van der Waals surface area contributed by atoms with E-state index in [0.717, 1.165) is 27.7 Å². The number of aromatic hydroxyl groups is 1. The third-order valence-corrected chi connectivity index (χ3v) is 3.40. The number of fused-ring (bicyclic) bond motifs is 1. The molecule has 1 aromatic heterocycles. The minimum Gasteiger partial charge on any atom is -0.508 e. The number of benzene rings is 2. The largest absolute Gasteiger partial charge is 0.508 e. The van der Waals surface area contributed by atoms with Crippen molar-refractivity contribution in [1.82, 2.24) is 4.98 Å². The van der Waals surface area contributed by atoms with Crippen molar-refractivity contribution in [3.8, 4) is 5.75 Å². The molecule has 0 saturated heterocycles. The minimum atomic E-state index is 0.292. The van der Waals surface area contributed by atoms with Gasteiger partial charge in [0.2, 0.25) is 0 Å². The number of aromatic nitrogens is 1. The first-order valence-corrected chi connectivity index (χ1v) is 6.60. The molecule has 2 N–H and O–H groups in total. The Morgan fingerprint density at radius 2 is 1.95 bits per heavy atom. The van der Waals surface area contributed by atoms with Crippen LogP contribution in [0.5, 0.6) is 5.75 Å². The van der Waals surface area contributed by atoms with Crippen molar-refractivity contribution in [2.75, 3.05) is 5.32 Å². The Morgan fingerprint density at radius 3 is 2.80 bits per heavy atom. The molecule has 20 heavy (non-hydrogen) atoms. The van der Waals surface area contributed by atoms with E-state index >= 15 is 0 Å². The second kappa shape index (κ2) is 5.21. The topological polar surface area (TPSA) is 45.1 Å². The maximum absolute atomic E-state index is 9.43. The molecule has 100 valence electrons. The molecule has 0 spiro atoms. The second-order valence-electron chi connectivity index (χ2n) is 4.85. The molecular formula is C17H16N2O. The number of pyridine rings is 1. The van der Waals surface area contributed by atoms with Gasteiger partial charge in [0.05, 0.1) is 5.52 Å². The molecule has 3 rings (SSSR count). The molecule has 0 aliphatic heterocycles. The Bertz CT molecular complexity index is 748. The van der Waals surface area contributed by atoms with E-state index in [1.54, 1.807) is 12.1 Å². The van der Waals surface area contributed by atoms with Crippen LogP contribution in [0.3, 0.4) is 0 Å². The number of hydrogen-bond acceptors (Lipinski definition) is 3. The van der Waals surface area contributed by atoms with E-state index < -0.39 is 0 Å². The number of para-hydroxylation sites is 1. The van der Waals surface area contributed by atoms with Crippen LogP contribution in [0.15, 0.2) is 54.7 Å². The molecule has 0 amide bonds. The zero-order valence-corrected chi connectivity index (χ0v) is 11.3. The van der Waals surface area contributed by atoms with E-state index in [1.807, 2.05) is 31.3 Å². The predicted octanol–water partition coefficient (Wildman–Crippen LogP) is 3.86. The lowest BCUT2D eigenvalue weighted by Gasteiger charge is -2.11. The van der Waals surface area contributed by atoms with Gasteiger partial charge in [-0.25, -0.2) is 0 Å². The first kappa shape index (κ1) is 12.5. The molecular weight excluding hydrogens is 248 g/mol. The summed E-state index contributed by atoms with van der Waals surface area (Å²) in [6.45, 7) is 2.68. The first-order valence-electron chi connectivity index (χ1n) is 6.60. The standard InChI is InChI=1S/C17H16N2O/c1-12-10-15(20)7-8-16(12)19-11-14-5-2-4-13-6-3-9-18-17(13)14/h2-10,19-20H,11H2,1H3. The third kappa shape index (κ3) is 2.43. The SMILES string of the molecule is Cc1cc(O)ccc1NCc1cccc2cccnc12. The van der Waals surface area contributed by atoms with E-state index in [4.69, 9.17) is 0 Å². The summed E-state index contributed by atoms with van der Waals surface area (Å²) >= 11 is 0. The van der Waals surface area contributed by atoms with Crippen molar-refractivity contribution in [3.05, 3.63) is 65.9 Å². The lowest BCUT2D eigenvalue weighted by Crippen LogP contribution is -2.02. The highest BCUT2D eigenvalue weighted by Gasteiger charge is 2.03. The van der Waals surface area contributed by atoms with Crippen molar-refractivity contribution >= 4 is 16.6 Å². The minimum absolute atomic E-state index is 0.292. The van der Waals surface area contributed by atoms with Crippen LogP contribution >= 0.6 is 0 Å². The van der Waals surface area contributed by atoms with Gasteiger partial charge in [-0.15, -0.1) is 0 Å². The lowest BCUT2D eigenvalue weighted by atomic mass is 10.1. The predicted molar refractivity (Wildman–Crippen MR) is 81.9 cm³/mol. The summed E-state index contributed by atoms with van der Waals surface area (Å²) in [5, 5.41) is 14.0. The molecule has 0 aliphatic carbocycles. The van der Waals surface area contributed by atoms with Crippen LogP contribution in [-0.2, 0) is 6.54 Å². The third-order valence-electron chi connectivity index (χ3n) is 3.40. The van der Waals surface area contributed by atoms with E-state index in [2.05, 4.69) is 28.5 Å². The number of hydrogen-bond donors (Lipinski definition) is 2. The van der Waals surface area contributed by atoms with Crippen molar-refractivity contribution in [3.63, 3.8) is 0 Å². The smallest absolute Gasteiger partial charge is 0.115 e. The van der Waals surface area contributed by atoms with Gasteiger partial charge >= 0.3 is 0 Å². The van der Waals surface area contributed by atoms with Crippen LogP contribution in [0.4, 0.5) is 5.69 Å². The Labute approximate surface area is 117 Å². The number of phenolic OH excluding ortho intramolecular Hbond substituents is 1. The Hall–Kier alpha value is -2.55. The van der Waals surface area contributed by atoms with E-state index in [-0.39, 0.29) is 0 Å². The number of rotatable bonds is 3. The van der Waals surface area contributed by atoms with Gasteiger partial charge in [-0.3, -0.25) is 4.98 Å². The summed E-state index contributed by atoms with van der Waals surface area (Å²) in [7, 11) is 0. The molecule has 1 heterocycles. The Kier molecular flexibility index (Phi) is 3.25. The maximum Gasteiger partial charge on any atom is 0.115 e. The lowest BCUT2D eigenvalue weighted by molar-refractivity contribution is 0.475. The van der Waals surface area contributed by atoms with Crippen LogP contribution < -0.4 is 5.32 Å². The Balaban J connectivity index is 1.87. The van der Waals surface area contributed by atoms with Crippen molar-refractivity contribution in [2.24, 2.45) is 0 Å². The molecule has 3 heteroatoms. The molecule has 0 unspecified atom stereocenters. The summed E-state index contributed by atoms with van der Waals surface area (Å²) < 4.78 is 0. The average Bonchev–Trinajstić information content (AvgIpc) is 2.46. The van der Waals surface area contributed by atoms with Gasteiger partial charge < -0.3 is 10.4 Å². The van der Waals surface area contributed by atoms with Crippen LogP contribution in [0.1, 0.15) is 11.1 Å². The second-order valence-corrected chi connectivity index (χ2v) is 4.85. The normalized spacial score (nSPS) is 10.7. The van der Waals surface area contributed by atoms with Gasteiger partial charge in [0.15, 0.2) is 0 Å². The molecule has 0 atom stereocenters. The molecule has 3 aromatic rings. The summed E-state index contributed by atoms with van der Waals surface area (Å²) in [6, 6.07) is 15.5. The zero-order valence-electron chi connectivity index (χ0n) is 11.3. The molecule has 3 nitrogen and oxygen atoms in total. The van der Waals surface area contributed by atoms with Gasteiger partial charge in [0.25, 0.3) is 0 Å². The highest BCUT2D eigenvalue weighted by atomic mass is 16.3. The number of phenols is 1. The van der Waals surface area contributed by atoms with Crippen LogP contribution in [0.25, 0.3) is 10.9 Å². The summed E-state index contributed by atoms with van der Waals surface area (Å²) in [5.74, 6) is 0.292. The average molecular weight is 264 g/mol. The molecule has 0 bridgehead atoms. The first-order chi connectivity index (χ1) is 9.74. The van der Waals surface area contributed by atoms with Gasteiger partial charge in [-0.1, -0.05) is 24.3 Å². The quantitative estimate of drug-likeness (QED) is 0.706. The summed E-state index contributed by atoms with van der Waals surface area (Å²) in [6.07, 6.45) is 1.82. The number of nitrogens with zero attached hydrogens (tertiary/aromatic N) is 1. The van der Waals surface area contributed by atoms with Gasteiger partial charge in [0.1, 0.15) is 5.75 Å². The number of aryl methyl sites for hydroxylation is 1. The maximum atomic E-state index is 9.43. The highest BCUT2D eigenvalue weighted by Crippen LogP contribution is 2.22. The number of nitrogens with one attached hydrogen (secondary N) is 1. The fraction of sp³-hybridized carbons (Fsp3) is 0.118. The molecule has 2 aromatic carbocycles. The van der Waals surface area contributed by atoms with Crippen LogP contribution in [0, 0.1) is 6.92 Å². The van der Waals surface area contributed by atoms with Gasteiger partial charge in [-0.05, 0) is 42.3 Å². The fourth-order valence-electron chi connectivity index (χ4n) is 2.35. The van der Waals surface area contributed by atoms with Crippen LogP contribution in [-0.4, -0.2) is 10.1 Å². The Morgan fingerprint density at radius 1 is 1.10 bits per heavy atom. The summed E-state index contributed by atoms with van der Waals surface area (Å²) in [4.78, 5) is 4.45. The molecule has 0 radical (unpaired) electrons. The van der Waals surface area contributed by atoms with Gasteiger partial charge in [0, 0.05) is 23.8 Å². The molecule has 0 saturated carbocycles. The van der Waals surface area contributed by atoms with E-state index in [0.29, 0.717) is 12.3 Å². The van der Waals surface area contributed by atoms with Crippen molar-refractivity contribution < 1.29 is 5.11 Å². The van der Waals surface area contributed by atoms with E-state index in [9.17, 15) is 5.11 Å². The van der Waals surface area contributed by atoms with E-state index in [1.165, 1.54) is 0 Å². The van der Waals surface area contributed by atoms with Crippen molar-refractivity contribution in [1.29, 1.82) is 0 Å². The molecule has 0 fully saturated rings. The highest BCUT2D eigenvalue weighted by molar-refractivity contribution is 5.81. The fourth-order valence-corrected chi connectivity index (χ4v) is 2.35. The van der Waals surface area contributed by atoms with Crippen LogP contribution in [0.2, 0.25) is 0 Å². The number of anilines is 1. The van der Waals surface area contributed by atoms with Crippen molar-refractivity contribution in [2.45, 2.75) is 13.5 Å².